The Balaban J connectivity index is 3.05. The zero-order chi connectivity index (χ0) is 22.8. The van der Waals surface area contributed by atoms with Crippen molar-refractivity contribution in [3.05, 3.63) is 12.2 Å². The third-order valence-corrected chi connectivity index (χ3v) is 6.04. The van der Waals surface area contributed by atoms with Crippen LogP contribution >= 0.6 is 0 Å². The first-order chi connectivity index (χ1) is 15.1. The molecule has 0 aromatic carbocycles. The molecule has 4 heteroatoms. The van der Waals surface area contributed by atoms with E-state index in [1.807, 2.05) is 6.08 Å². The van der Waals surface area contributed by atoms with E-state index < -0.39 is 5.97 Å². The van der Waals surface area contributed by atoms with Crippen molar-refractivity contribution in [2.45, 2.75) is 148 Å². The van der Waals surface area contributed by atoms with Gasteiger partial charge in [0.25, 0.3) is 0 Å². The van der Waals surface area contributed by atoms with Gasteiger partial charge in [0.15, 0.2) is 0 Å². The number of allylic oxidation sites excluding steroid dienone is 1. The molecule has 0 aliphatic heterocycles. The summed E-state index contributed by atoms with van der Waals surface area (Å²) in [6, 6.07) is 0. The summed E-state index contributed by atoms with van der Waals surface area (Å²) in [5.41, 5.74) is 5.06. The highest BCUT2D eigenvalue weighted by Gasteiger charge is 1.97. The molecule has 3 N–H and O–H groups in total. The molecule has 31 heavy (non-hydrogen) atoms. The molecule has 0 spiro atoms. The van der Waals surface area contributed by atoms with Crippen LogP contribution < -0.4 is 5.73 Å². The molecule has 0 rings (SSSR count). The second-order valence-electron chi connectivity index (χ2n) is 9.16. The summed E-state index contributed by atoms with van der Waals surface area (Å²) in [5.74, 6) is -1.00. The van der Waals surface area contributed by atoms with Crippen molar-refractivity contribution < 1.29 is 14.7 Å². The SMILES string of the molecule is NC(=O)C=CCCCCCCCCCCCCCCCCCCCCCCCC(=O)O. The van der Waals surface area contributed by atoms with Crippen molar-refractivity contribution in [2.24, 2.45) is 5.73 Å². The standard InChI is InChI=1S/C27H51NO3/c28-26(29)24-22-20-18-16-14-12-10-8-6-4-2-1-3-5-7-9-11-13-15-17-19-21-23-25-27(30)31/h22,24H,1-21,23,25H2,(H2,28,29)(H,30,31). The van der Waals surface area contributed by atoms with Gasteiger partial charge >= 0.3 is 5.97 Å². The minimum Gasteiger partial charge on any atom is -0.481 e. The van der Waals surface area contributed by atoms with Crippen molar-refractivity contribution >= 4 is 11.9 Å². The number of hydrogen-bond donors (Lipinski definition) is 2. The van der Waals surface area contributed by atoms with E-state index in [0.29, 0.717) is 6.42 Å². The van der Waals surface area contributed by atoms with Crippen LogP contribution in [0.4, 0.5) is 0 Å². The van der Waals surface area contributed by atoms with Gasteiger partial charge in [-0.25, -0.2) is 0 Å². The molecular formula is C27H51NO3. The van der Waals surface area contributed by atoms with Crippen LogP contribution in [-0.4, -0.2) is 17.0 Å². The minimum absolute atomic E-state index is 0.334. The van der Waals surface area contributed by atoms with Gasteiger partial charge in [-0.2, -0.15) is 0 Å². The average Bonchev–Trinajstić information content (AvgIpc) is 2.73. The maximum absolute atomic E-state index is 10.6. The summed E-state index contributed by atoms with van der Waals surface area (Å²) >= 11 is 0. The number of nitrogens with two attached hydrogens (primary N) is 1. The number of primary amides is 1. The molecule has 4 nitrogen and oxygen atoms in total. The third kappa shape index (κ3) is 28.7. The Morgan fingerprint density at radius 2 is 0.806 bits per heavy atom. The highest BCUT2D eigenvalue weighted by atomic mass is 16.4. The first-order valence-electron chi connectivity index (χ1n) is 13.3. The molecule has 0 saturated heterocycles. The molecule has 0 bridgehead atoms. The van der Waals surface area contributed by atoms with Gasteiger partial charge in [-0.05, 0) is 25.3 Å². The van der Waals surface area contributed by atoms with Gasteiger partial charge in [0.05, 0.1) is 0 Å². The Labute approximate surface area is 192 Å². The molecule has 0 atom stereocenters. The average molecular weight is 438 g/mol. The topological polar surface area (TPSA) is 80.4 Å². The van der Waals surface area contributed by atoms with Crippen LogP contribution in [-0.2, 0) is 9.59 Å². The zero-order valence-corrected chi connectivity index (χ0v) is 20.3. The van der Waals surface area contributed by atoms with Crippen LogP contribution in [0.1, 0.15) is 148 Å². The molecule has 1 amide bonds. The Morgan fingerprint density at radius 3 is 1.10 bits per heavy atom. The monoisotopic (exact) mass is 437 g/mol. The lowest BCUT2D eigenvalue weighted by atomic mass is 10.0. The summed E-state index contributed by atoms with van der Waals surface area (Å²) < 4.78 is 0. The van der Waals surface area contributed by atoms with Crippen molar-refractivity contribution in [1.29, 1.82) is 0 Å². The number of amides is 1. The highest BCUT2D eigenvalue weighted by molar-refractivity contribution is 5.85. The molecule has 0 saturated carbocycles. The molecule has 182 valence electrons. The fourth-order valence-corrected chi connectivity index (χ4v) is 4.10. The van der Waals surface area contributed by atoms with Crippen molar-refractivity contribution in [2.75, 3.05) is 0 Å². The van der Waals surface area contributed by atoms with Gasteiger partial charge in [-0.1, -0.05) is 128 Å². The van der Waals surface area contributed by atoms with E-state index in [1.165, 1.54) is 128 Å². The van der Waals surface area contributed by atoms with Gasteiger partial charge < -0.3 is 10.8 Å². The summed E-state index contributed by atoms with van der Waals surface area (Å²) in [7, 11) is 0. The number of unbranched alkanes of at least 4 members (excludes halogenated alkanes) is 21. The molecule has 0 aliphatic carbocycles. The lowest BCUT2D eigenvalue weighted by Gasteiger charge is -2.04. The number of carboxylic acids is 1. The molecule has 0 fully saturated rings. The van der Waals surface area contributed by atoms with E-state index in [9.17, 15) is 9.59 Å². The first kappa shape index (κ1) is 29.7. The van der Waals surface area contributed by atoms with Crippen LogP contribution in [0, 0.1) is 0 Å². The van der Waals surface area contributed by atoms with E-state index in [1.54, 1.807) is 0 Å². The lowest BCUT2D eigenvalue weighted by molar-refractivity contribution is -0.137. The number of carboxylic acid groups (broad SMARTS) is 1. The van der Waals surface area contributed by atoms with E-state index in [0.717, 1.165) is 19.3 Å². The van der Waals surface area contributed by atoms with E-state index in [4.69, 9.17) is 10.8 Å². The second-order valence-corrected chi connectivity index (χ2v) is 9.16. The lowest BCUT2D eigenvalue weighted by Crippen LogP contribution is -2.05. The van der Waals surface area contributed by atoms with E-state index >= 15 is 0 Å². The van der Waals surface area contributed by atoms with Gasteiger partial charge in [-0.3, -0.25) is 9.59 Å². The van der Waals surface area contributed by atoms with Crippen LogP contribution in [0.5, 0.6) is 0 Å². The Hall–Kier alpha value is -1.32. The summed E-state index contributed by atoms with van der Waals surface area (Å²) in [6.07, 6.45) is 32.2. The van der Waals surface area contributed by atoms with Crippen LogP contribution in [0.2, 0.25) is 0 Å². The van der Waals surface area contributed by atoms with E-state index in [2.05, 4.69) is 0 Å². The third-order valence-electron chi connectivity index (χ3n) is 6.04. The Morgan fingerprint density at radius 1 is 0.516 bits per heavy atom. The fraction of sp³-hybridized carbons (Fsp3) is 0.852. The molecule has 0 radical (unpaired) electrons. The predicted octanol–water partition coefficient (Wildman–Crippen LogP) is 8.08. The normalized spacial score (nSPS) is 11.4. The number of carbonyl (C=O) groups is 2. The Kier molecular flexibility index (Phi) is 23.9. The molecular weight excluding hydrogens is 386 g/mol. The smallest absolute Gasteiger partial charge is 0.303 e. The number of carbonyl (C=O) groups excluding carboxylic acids is 1. The summed E-state index contributed by atoms with van der Waals surface area (Å²) in [5, 5.41) is 8.59. The summed E-state index contributed by atoms with van der Waals surface area (Å²) in [4.78, 5) is 21.0. The summed E-state index contributed by atoms with van der Waals surface area (Å²) in [6.45, 7) is 0. The zero-order valence-electron chi connectivity index (χ0n) is 20.3. The van der Waals surface area contributed by atoms with Crippen molar-refractivity contribution in [3.63, 3.8) is 0 Å². The quantitative estimate of drug-likeness (QED) is 0.112. The number of hydrogen-bond acceptors (Lipinski definition) is 2. The van der Waals surface area contributed by atoms with Gasteiger partial charge in [0, 0.05) is 6.42 Å². The number of aliphatic carboxylic acids is 1. The van der Waals surface area contributed by atoms with Gasteiger partial charge in [-0.15, -0.1) is 0 Å². The maximum atomic E-state index is 10.6. The largest absolute Gasteiger partial charge is 0.481 e. The minimum atomic E-state index is -0.660. The molecule has 0 unspecified atom stereocenters. The number of rotatable bonds is 25. The van der Waals surface area contributed by atoms with Crippen LogP contribution in [0.15, 0.2) is 12.2 Å². The van der Waals surface area contributed by atoms with Crippen molar-refractivity contribution in [3.8, 4) is 0 Å². The van der Waals surface area contributed by atoms with Gasteiger partial charge in [0.2, 0.25) is 5.91 Å². The van der Waals surface area contributed by atoms with E-state index in [-0.39, 0.29) is 5.91 Å². The predicted molar refractivity (Wildman–Crippen MR) is 132 cm³/mol. The molecule has 0 aliphatic rings. The Bertz CT molecular complexity index is 434. The molecule has 0 aromatic rings. The second kappa shape index (κ2) is 24.9. The highest BCUT2D eigenvalue weighted by Crippen LogP contribution is 2.15. The van der Waals surface area contributed by atoms with Crippen molar-refractivity contribution in [1.82, 2.24) is 0 Å². The maximum Gasteiger partial charge on any atom is 0.303 e. The van der Waals surface area contributed by atoms with Crippen LogP contribution in [0.25, 0.3) is 0 Å². The first-order valence-corrected chi connectivity index (χ1v) is 13.3. The molecule has 0 aromatic heterocycles. The van der Waals surface area contributed by atoms with Crippen LogP contribution in [0.3, 0.4) is 0 Å². The molecule has 0 heterocycles. The van der Waals surface area contributed by atoms with Gasteiger partial charge in [0.1, 0.15) is 0 Å². The fourth-order valence-electron chi connectivity index (χ4n) is 4.10.